The second-order valence-corrected chi connectivity index (χ2v) is 5.26. The molecule has 1 aliphatic carbocycles. The van der Waals surface area contributed by atoms with Crippen LogP contribution in [0.5, 0.6) is 0 Å². The van der Waals surface area contributed by atoms with Gasteiger partial charge in [0.25, 0.3) is 0 Å². The highest BCUT2D eigenvalue weighted by Crippen LogP contribution is 2.19. The van der Waals surface area contributed by atoms with Gasteiger partial charge in [0.2, 0.25) is 5.95 Å². The van der Waals surface area contributed by atoms with Gasteiger partial charge in [0.15, 0.2) is 0 Å². The molecule has 0 unspecified atom stereocenters. The van der Waals surface area contributed by atoms with Crippen LogP contribution in [0.25, 0.3) is 0 Å². The van der Waals surface area contributed by atoms with Crippen molar-refractivity contribution in [2.75, 3.05) is 11.9 Å². The SMILES string of the molecule is CN(Cc1cccnc1)c1ncc(CNC2CC2)cn1. The molecule has 3 rings (SSSR count). The molecular weight excluding hydrogens is 250 g/mol. The Balaban J connectivity index is 1.58. The van der Waals surface area contributed by atoms with Crippen LogP contribution in [0.2, 0.25) is 0 Å². The molecule has 1 fully saturated rings. The van der Waals surface area contributed by atoms with E-state index in [-0.39, 0.29) is 0 Å². The Kier molecular flexibility index (Phi) is 3.87. The minimum atomic E-state index is 0.711. The highest BCUT2D eigenvalue weighted by atomic mass is 15.2. The maximum absolute atomic E-state index is 4.43. The Hall–Kier alpha value is -2.01. The monoisotopic (exact) mass is 269 g/mol. The Morgan fingerprint density at radius 3 is 2.65 bits per heavy atom. The molecule has 1 N–H and O–H groups in total. The normalized spacial score (nSPS) is 14.2. The summed E-state index contributed by atoms with van der Waals surface area (Å²) in [5, 5.41) is 3.46. The molecule has 0 saturated heterocycles. The quantitative estimate of drug-likeness (QED) is 0.866. The second-order valence-electron chi connectivity index (χ2n) is 5.26. The third kappa shape index (κ3) is 3.51. The topological polar surface area (TPSA) is 53.9 Å². The van der Waals surface area contributed by atoms with Gasteiger partial charge in [-0.2, -0.15) is 0 Å². The molecule has 2 aromatic rings. The van der Waals surface area contributed by atoms with Crippen LogP contribution in [-0.4, -0.2) is 28.0 Å². The van der Waals surface area contributed by atoms with Crippen molar-refractivity contribution in [2.24, 2.45) is 0 Å². The molecule has 0 amide bonds. The molecule has 2 heterocycles. The van der Waals surface area contributed by atoms with Crippen LogP contribution in [0.3, 0.4) is 0 Å². The van der Waals surface area contributed by atoms with Crippen LogP contribution >= 0.6 is 0 Å². The maximum Gasteiger partial charge on any atom is 0.225 e. The standard InChI is InChI=1S/C15H19N5/c1-20(11-12-3-2-6-16-7-12)15-18-9-13(10-19-15)8-17-14-4-5-14/h2-3,6-7,9-10,14,17H,4-5,8,11H2,1H3. The number of nitrogens with one attached hydrogen (secondary N) is 1. The Labute approximate surface area is 119 Å². The molecule has 0 spiro atoms. The van der Waals surface area contributed by atoms with Crippen molar-refractivity contribution < 1.29 is 0 Å². The van der Waals surface area contributed by atoms with Crippen LogP contribution < -0.4 is 10.2 Å². The number of nitrogens with zero attached hydrogens (tertiary/aromatic N) is 4. The molecule has 1 aliphatic rings. The molecule has 0 aliphatic heterocycles. The average Bonchev–Trinajstić information content (AvgIpc) is 3.31. The first-order valence-corrected chi connectivity index (χ1v) is 6.95. The van der Waals surface area contributed by atoms with E-state index in [0.717, 1.165) is 30.2 Å². The van der Waals surface area contributed by atoms with E-state index in [1.54, 1.807) is 6.20 Å². The molecule has 1 saturated carbocycles. The molecule has 5 nitrogen and oxygen atoms in total. The number of hydrogen-bond acceptors (Lipinski definition) is 5. The van der Waals surface area contributed by atoms with Crippen LogP contribution in [-0.2, 0) is 13.1 Å². The molecule has 104 valence electrons. The minimum absolute atomic E-state index is 0.711. The minimum Gasteiger partial charge on any atom is -0.340 e. The molecule has 0 radical (unpaired) electrons. The fourth-order valence-electron chi connectivity index (χ4n) is 2.02. The summed E-state index contributed by atoms with van der Waals surface area (Å²) in [7, 11) is 1.99. The van der Waals surface area contributed by atoms with E-state index in [9.17, 15) is 0 Å². The average molecular weight is 269 g/mol. The Bertz CT molecular complexity index is 536. The third-order valence-electron chi connectivity index (χ3n) is 3.35. The van der Waals surface area contributed by atoms with E-state index in [2.05, 4.69) is 26.3 Å². The van der Waals surface area contributed by atoms with Crippen molar-refractivity contribution in [3.8, 4) is 0 Å². The van der Waals surface area contributed by atoms with Crippen molar-refractivity contribution >= 4 is 5.95 Å². The predicted molar refractivity (Wildman–Crippen MR) is 78.2 cm³/mol. The van der Waals surface area contributed by atoms with Gasteiger partial charge in [-0.15, -0.1) is 0 Å². The fraction of sp³-hybridized carbons (Fsp3) is 0.400. The second kappa shape index (κ2) is 5.96. The first-order valence-electron chi connectivity index (χ1n) is 6.95. The Morgan fingerprint density at radius 1 is 1.20 bits per heavy atom. The van der Waals surface area contributed by atoms with Gasteiger partial charge in [0.05, 0.1) is 0 Å². The van der Waals surface area contributed by atoms with Crippen molar-refractivity contribution in [1.29, 1.82) is 0 Å². The van der Waals surface area contributed by atoms with Gasteiger partial charge in [-0.25, -0.2) is 9.97 Å². The predicted octanol–water partition coefficient (Wildman–Crippen LogP) is 1.76. The van der Waals surface area contributed by atoms with Crippen molar-refractivity contribution in [1.82, 2.24) is 20.3 Å². The molecule has 5 heteroatoms. The number of hydrogen-bond donors (Lipinski definition) is 1. The summed E-state index contributed by atoms with van der Waals surface area (Å²) in [5.74, 6) is 0.740. The molecule has 0 bridgehead atoms. The van der Waals surface area contributed by atoms with Gasteiger partial charge in [0, 0.05) is 56.5 Å². The van der Waals surface area contributed by atoms with E-state index in [0.29, 0.717) is 6.04 Å². The summed E-state index contributed by atoms with van der Waals surface area (Å²) < 4.78 is 0. The summed E-state index contributed by atoms with van der Waals surface area (Å²) in [4.78, 5) is 15.0. The van der Waals surface area contributed by atoms with E-state index in [1.165, 1.54) is 12.8 Å². The van der Waals surface area contributed by atoms with Crippen LogP contribution in [0.1, 0.15) is 24.0 Å². The van der Waals surface area contributed by atoms with Crippen LogP contribution in [0.15, 0.2) is 36.9 Å². The lowest BCUT2D eigenvalue weighted by molar-refractivity contribution is 0.682. The number of anilines is 1. The molecule has 0 atom stereocenters. The van der Waals surface area contributed by atoms with Gasteiger partial charge in [-0.3, -0.25) is 4.98 Å². The molecule has 20 heavy (non-hydrogen) atoms. The number of rotatable bonds is 6. The van der Waals surface area contributed by atoms with Crippen molar-refractivity contribution in [2.45, 2.75) is 32.0 Å². The van der Waals surface area contributed by atoms with Gasteiger partial charge < -0.3 is 10.2 Å². The lowest BCUT2D eigenvalue weighted by Crippen LogP contribution is -2.20. The lowest BCUT2D eigenvalue weighted by Gasteiger charge is -2.16. The highest BCUT2D eigenvalue weighted by Gasteiger charge is 2.20. The summed E-state index contributed by atoms with van der Waals surface area (Å²) in [5.41, 5.74) is 2.29. The zero-order valence-corrected chi connectivity index (χ0v) is 11.7. The maximum atomic E-state index is 4.43. The smallest absolute Gasteiger partial charge is 0.225 e. The largest absolute Gasteiger partial charge is 0.340 e. The van der Waals surface area contributed by atoms with Gasteiger partial charge >= 0.3 is 0 Å². The number of pyridine rings is 1. The summed E-state index contributed by atoms with van der Waals surface area (Å²) in [6, 6.07) is 4.71. The van der Waals surface area contributed by atoms with Gasteiger partial charge in [0.1, 0.15) is 0 Å². The van der Waals surface area contributed by atoms with E-state index < -0.39 is 0 Å². The summed E-state index contributed by atoms with van der Waals surface area (Å²) >= 11 is 0. The van der Waals surface area contributed by atoms with Crippen molar-refractivity contribution in [3.63, 3.8) is 0 Å². The van der Waals surface area contributed by atoms with Crippen LogP contribution in [0.4, 0.5) is 5.95 Å². The summed E-state index contributed by atoms with van der Waals surface area (Å²) in [6.07, 6.45) is 10.0. The summed E-state index contributed by atoms with van der Waals surface area (Å²) in [6.45, 7) is 1.62. The first kappa shape index (κ1) is 13.0. The Morgan fingerprint density at radius 2 is 2.00 bits per heavy atom. The van der Waals surface area contributed by atoms with Gasteiger partial charge in [-0.05, 0) is 24.5 Å². The molecular formula is C15H19N5. The number of aromatic nitrogens is 3. The fourth-order valence-corrected chi connectivity index (χ4v) is 2.02. The highest BCUT2D eigenvalue weighted by molar-refractivity contribution is 5.30. The first-order chi connectivity index (χ1) is 9.81. The van der Waals surface area contributed by atoms with E-state index >= 15 is 0 Å². The lowest BCUT2D eigenvalue weighted by atomic mass is 10.3. The molecule has 0 aromatic carbocycles. The third-order valence-corrected chi connectivity index (χ3v) is 3.35. The zero-order valence-electron chi connectivity index (χ0n) is 11.7. The van der Waals surface area contributed by atoms with Crippen molar-refractivity contribution in [3.05, 3.63) is 48.0 Å². The van der Waals surface area contributed by atoms with Crippen LogP contribution in [0, 0.1) is 0 Å². The van der Waals surface area contributed by atoms with E-state index in [1.807, 2.05) is 36.6 Å². The van der Waals surface area contributed by atoms with E-state index in [4.69, 9.17) is 0 Å². The zero-order chi connectivity index (χ0) is 13.8. The molecule has 2 aromatic heterocycles. The van der Waals surface area contributed by atoms with Gasteiger partial charge in [-0.1, -0.05) is 6.07 Å².